The Morgan fingerprint density at radius 3 is 2.54 bits per heavy atom. The minimum absolute atomic E-state index is 1.15. The van der Waals surface area contributed by atoms with Gasteiger partial charge in [-0.3, -0.25) is 4.90 Å². The topological polar surface area (TPSA) is 3.24 Å². The van der Waals surface area contributed by atoms with Gasteiger partial charge in [-0.1, -0.05) is 25.2 Å². The van der Waals surface area contributed by atoms with E-state index in [0.717, 1.165) is 13.0 Å². The first-order valence-corrected chi connectivity index (χ1v) is 5.41. The summed E-state index contributed by atoms with van der Waals surface area (Å²) >= 11 is 0. The molecule has 0 aromatic carbocycles. The zero-order valence-electron chi connectivity index (χ0n) is 8.92. The van der Waals surface area contributed by atoms with Gasteiger partial charge in [0, 0.05) is 6.54 Å². The zero-order valence-corrected chi connectivity index (χ0v) is 8.92. The van der Waals surface area contributed by atoms with E-state index in [4.69, 9.17) is 0 Å². The van der Waals surface area contributed by atoms with E-state index in [1.807, 2.05) is 0 Å². The summed E-state index contributed by atoms with van der Waals surface area (Å²) in [7, 11) is 0. The molecule has 1 aliphatic rings. The molecular weight excluding hydrogens is 158 g/mol. The molecule has 1 fully saturated rings. The van der Waals surface area contributed by atoms with Gasteiger partial charge in [0.25, 0.3) is 0 Å². The van der Waals surface area contributed by atoms with Crippen molar-refractivity contribution in [1.29, 1.82) is 0 Å². The summed E-state index contributed by atoms with van der Waals surface area (Å²) in [5.74, 6) is 0. The molecule has 1 nitrogen and oxygen atoms in total. The van der Waals surface area contributed by atoms with Gasteiger partial charge in [0.15, 0.2) is 0 Å². The summed E-state index contributed by atoms with van der Waals surface area (Å²) in [5, 5.41) is 0. The van der Waals surface area contributed by atoms with E-state index < -0.39 is 0 Å². The first-order chi connectivity index (χ1) is 6.36. The molecule has 0 atom stereocenters. The summed E-state index contributed by atoms with van der Waals surface area (Å²) in [6.45, 7) is 8.02. The first-order valence-electron chi connectivity index (χ1n) is 5.41. The van der Waals surface area contributed by atoms with Gasteiger partial charge in [0.1, 0.15) is 0 Å². The van der Waals surface area contributed by atoms with Crippen LogP contribution in [0.4, 0.5) is 0 Å². The molecule has 0 unspecified atom stereocenters. The normalized spacial score (nSPS) is 20.3. The van der Waals surface area contributed by atoms with Crippen molar-refractivity contribution in [3.63, 3.8) is 0 Å². The van der Waals surface area contributed by atoms with Crippen LogP contribution in [-0.4, -0.2) is 24.5 Å². The Kier molecular flexibility index (Phi) is 4.84. The maximum Gasteiger partial charge on any atom is 0.0230 e. The average Bonchev–Trinajstić information content (AvgIpc) is 2.58. The van der Waals surface area contributed by atoms with Crippen LogP contribution in [0, 0.1) is 0 Å². The summed E-state index contributed by atoms with van der Waals surface area (Å²) in [6.07, 6.45) is 10.6. The van der Waals surface area contributed by atoms with E-state index in [1.165, 1.54) is 31.5 Å². The second-order valence-electron chi connectivity index (χ2n) is 3.67. The molecule has 0 N–H and O–H groups in total. The number of nitrogens with zero attached hydrogens (tertiary/aromatic N) is 1. The molecule has 0 saturated carbocycles. The highest BCUT2D eigenvalue weighted by Gasteiger charge is 2.11. The fourth-order valence-corrected chi connectivity index (χ4v) is 1.86. The van der Waals surface area contributed by atoms with E-state index in [2.05, 4.69) is 37.0 Å². The Bertz CT molecular complexity index is 185. The Hall–Kier alpha value is -0.560. The Labute approximate surface area is 82.1 Å². The standard InChI is InChI=1S/C12H21N/c1-3-7-12(8-4-2)11-13-9-5-6-10-13/h3,7-8H,4-6,9-11H2,1-2H3/b7-3-,12-8+. The van der Waals surface area contributed by atoms with Crippen LogP contribution in [0.3, 0.4) is 0 Å². The molecule has 0 spiro atoms. The van der Waals surface area contributed by atoms with E-state index >= 15 is 0 Å². The van der Waals surface area contributed by atoms with E-state index in [9.17, 15) is 0 Å². The molecule has 1 heterocycles. The lowest BCUT2D eigenvalue weighted by molar-refractivity contribution is 0.371. The molecule has 0 radical (unpaired) electrons. The van der Waals surface area contributed by atoms with Gasteiger partial charge in [0.2, 0.25) is 0 Å². The van der Waals surface area contributed by atoms with Crippen molar-refractivity contribution in [2.24, 2.45) is 0 Å². The van der Waals surface area contributed by atoms with Crippen LogP contribution >= 0.6 is 0 Å². The van der Waals surface area contributed by atoms with Gasteiger partial charge in [-0.05, 0) is 44.8 Å². The molecule has 0 aliphatic carbocycles. The third-order valence-corrected chi connectivity index (χ3v) is 2.45. The fraction of sp³-hybridized carbons (Fsp3) is 0.667. The minimum Gasteiger partial charge on any atom is -0.299 e. The number of rotatable bonds is 4. The maximum atomic E-state index is 2.54. The smallest absolute Gasteiger partial charge is 0.0230 e. The SMILES string of the molecule is C/C=C\C(=C/CC)CN1CCCC1. The molecule has 74 valence electrons. The number of allylic oxidation sites excluding steroid dienone is 2. The second-order valence-corrected chi connectivity index (χ2v) is 3.67. The maximum absolute atomic E-state index is 2.54. The van der Waals surface area contributed by atoms with Crippen LogP contribution in [0.5, 0.6) is 0 Å². The van der Waals surface area contributed by atoms with Gasteiger partial charge in [-0.25, -0.2) is 0 Å². The molecule has 0 bridgehead atoms. The Morgan fingerprint density at radius 1 is 1.31 bits per heavy atom. The summed E-state index contributed by atoms with van der Waals surface area (Å²) in [4.78, 5) is 2.54. The molecule has 0 aromatic heterocycles. The lowest BCUT2D eigenvalue weighted by Gasteiger charge is -2.14. The molecule has 1 heteroatoms. The third kappa shape index (κ3) is 3.77. The summed E-state index contributed by atoms with van der Waals surface area (Å²) < 4.78 is 0. The quantitative estimate of drug-likeness (QED) is 0.600. The molecule has 1 aliphatic heterocycles. The zero-order chi connectivity index (χ0) is 9.52. The molecule has 1 rings (SSSR count). The summed E-state index contributed by atoms with van der Waals surface area (Å²) in [6, 6.07) is 0. The third-order valence-electron chi connectivity index (χ3n) is 2.45. The lowest BCUT2D eigenvalue weighted by Crippen LogP contribution is -2.21. The van der Waals surface area contributed by atoms with Crippen LogP contribution < -0.4 is 0 Å². The highest BCUT2D eigenvalue weighted by atomic mass is 15.1. The molecule has 0 amide bonds. The van der Waals surface area contributed by atoms with Gasteiger partial charge >= 0.3 is 0 Å². The van der Waals surface area contributed by atoms with Crippen LogP contribution in [0.2, 0.25) is 0 Å². The van der Waals surface area contributed by atoms with Gasteiger partial charge in [-0.2, -0.15) is 0 Å². The van der Waals surface area contributed by atoms with Crippen LogP contribution in [0.25, 0.3) is 0 Å². The highest BCUT2D eigenvalue weighted by Crippen LogP contribution is 2.11. The largest absolute Gasteiger partial charge is 0.299 e. The lowest BCUT2D eigenvalue weighted by atomic mass is 10.2. The average molecular weight is 179 g/mol. The van der Waals surface area contributed by atoms with E-state index in [0.29, 0.717) is 0 Å². The molecule has 13 heavy (non-hydrogen) atoms. The van der Waals surface area contributed by atoms with E-state index in [1.54, 1.807) is 0 Å². The van der Waals surface area contributed by atoms with E-state index in [-0.39, 0.29) is 0 Å². The van der Waals surface area contributed by atoms with Gasteiger partial charge in [0.05, 0.1) is 0 Å². The Balaban J connectivity index is 2.41. The Morgan fingerprint density at radius 2 is 2.00 bits per heavy atom. The highest BCUT2D eigenvalue weighted by molar-refractivity contribution is 5.19. The van der Waals surface area contributed by atoms with Crippen LogP contribution in [-0.2, 0) is 0 Å². The van der Waals surface area contributed by atoms with Gasteiger partial charge < -0.3 is 0 Å². The van der Waals surface area contributed by atoms with Crippen LogP contribution in [0.1, 0.15) is 33.1 Å². The van der Waals surface area contributed by atoms with Crippen molar-refractivity contribution in [3.8, 4) is 0 Å². The van der Waals surface area contributed by atoms with Crippen molar-refractivity contribution in [2.45, 2.75) is 33.1 Å². The fourth-order valence-electron chi connectivity index (χ4n) is 1.86. The minimum atomic E-state index is 1.15. The predicted molar refractivity (Wildman–Crippen MR) is 58.9 cm³/mol. The number of hydrogen-bond donors (Lipinski definition) is 0. The monoisotopic (exact) mass is 179 g/mol. The van der Waals surface area contributed by atoms with Crippen molar-refractivity contribution in [3.05, 3.63) is 23.8 Å². The van der Waals surface area contributed by atoms with Crippen molar-refractivity contribution >= 4 is 0 Å². The molecule has 0 aromatic rings. The van der Waals surface area contributed by atoms with Crippen LogP contribution in [0.15, 0.2) is 23.8 Å². The predicted octanol–water partition coefficient (Wildman–Crippen LogP) is 2.99. The van der Waals surface area contributed by atoms with Gasteiger partial charge in [-0.15, -0.1) is 0 Å². The summed E-state index contributed by atoms with van der Waals surface area (Å²) in [5.41, 5.74) is 1.48. The number of likely N-dealkylation sites (tertiary alicyclic amines) is 1. The second kappa shape index (κ2) is 5.98. The van der Waals surface area contributed by atoms with Crippen molar-refractivity contribution < 1.29 is 0 Å². The van der Waals surface area contributed by atoms with Crippen molar-refractivity contribution in [2.75, 3.05) is 19.6 Å². The van der Waals surface area contributed by atoms with Crippen molar-refractivity contribution in [1.82, 2.24) is 4.90 Å². The number of hydrogen-bond acceptors (Lipinski definition) is 1. The first kappa shape index (κ1) is 10.5. The molecule has 1 saturated heterocycles. The molecular formula is C12H21N.